The molecule has 2 aromatic carbocycles. The van der Waals surface area contributed by atoms with Crippen molar-refractivity contribution in [2.75, 3.05) is 39.5 Å². The molecule has 2 fully saturated rings. The Balaban J connectivity index is 1.56. The molecule has 121 heavy (non-hydrogen) atoms. The van der Waals surface area contributed by atoms with Gasteiger partial charge in [-0.1, -0.05) is 111 Å². The van der Waals surface area contributed by atoms with Gasteiger partial charge < -0.3 is 106 Å². The molecule has 5 rings (SSSR count). The largest absolute Gasteiger partial charge is 0.459 e. The van der Waals surface area contributed by atoms with Gasteiger partial charge in [-0.3, -0.25) is 91.1 Å². The summed E-state index contributed by atoms with van der Waals surface area (Å²) in [6.45, 7) is 15.8. The molecule has 2 saturated heterocycles. The predicted molar refractivity (Wildman–Crippen MR) is 439 cm³/mol. The lowest BCUT2D eigenvalue weighted by molar-refractivity contribution is -0.158. The van der Waals surface area contributed by atoms with E-state index in [0.29, 0.717) is 44.7 Å². The number of H-pyrrole nitrogens is 1. The molecular formula is C79H119N19O22S. The fraction of sp³-hybridized carbons (Fsp3) is 0.595. The Morgan fingerprint density at radius 1 is 0.711 bits per heavy atom. The molecule has 41 nitrogen and oxygen atoms in total. The highest BCUT2D eigenvalue weighted by Crippen LogP contribution is 2.33. The number of aromatic nitrogens is 1. The number of cyclic esters (lactones) is 1. The van der Waals surface area contributed by atoms with Crippen molar-refractivity contribution < 1.29 is 104 Å². The van der Waals surface area contributed by atoms with E-state index in [0.717, 1.165) is 27.9 Å². The van der Waals surface area contributed by atoms with Crippen LogP contribution in [0.3, 0.4) is 0 Å². The molecule has 3 heterocycles. The zero-order valence-electron chi connectivity index (χ0n) is 70.5. The summed E-state index contributed by atoms with van der Waals surface area (Å²) in [5, 5.41) is 36.2. The molecule has 15 atom stereocenters. The first-order chi connectivity index (χ1) is 56.5. The molecule has 0 spiro atoms. The number of nitrogens with one attached hydrogen (secondary N) is 11. The van der Waals surface area contributed by atoms with Gasteiger partial charge >= 0.3 is 5.97 Å². The van der Waals surface area contributed by atoms with Gasteiger partial charge in [0.05, 0.1) is 18.6 Å². The van der Waals surface area contributed by atoms with Crippen molar-refractivity contribution in [3.63, 3.8) is 0 Å². The van der Waals surface area contributed by atoms with Gasteiger partial charge in [-0.15, -0.1) is 0 Å². The minimum Gasteiger partial charge on any atom is -0.459 e. The molecule has 42 heteroatoms. The van der Waals surface area contributed by atoms with Gasteiger partial charge in [0.15, 0.2) is 11.7 Å². The highest BCUT2D eigenvalue weighted by molar-refractivity contribution is 7.85. The van der Waals surface area contributed by atoms with E-state index in [9.17, 15) is 70.8 Å². The number of nitrogens with zero attached hydrogens (tertiary/aromatic N) is 4. The number of ether oxygens (including phenoxy) is 1. The van der Waals surface area contributed by atoms with Gasteiger partial charge in [-0.05, 0) is 92.7 Å². The first-order valence-electron chi connectivity index (χ1n) is 39.8. The van der Waals surface area contributed by atoms with Crippen LogP contribution < -0.4 is 76.1 Å². The number of para-hydroxylation sites is 1. The van der Waals surface area contributed by atoms with Crippen molar-refractivity contribution in [2.45, 2.75) is 238 Å². The number of hydrogen-bond acceptors (Lipinski definition) is 22. The Kier molecular flexibility index (Phi) is 37.2. The van der Waals surface area contributed by atoms with Crippen molar-refractivity contribution in [3.05, 3.63) is 71.9 Å². The number of aromatic amines is 1. The highest BCUT2D eigenvalue weighted by atomic mass is 32.2. The quantitative estimate of drug-likeness (QED) is 0.00658. The van der Waals surface area contributed by atoms with E-state index < -0.39 is 262 Å². The summed E-state index contributed by atoms with van der Waals surface area (Å²) in [7, 11) is -3.44. The van der Waals surface area contributed by atoms with Crippen LogP contribution in [-0.2, 0) is 109 Å². The molecule has 2 aliphatic rings. The van der Waals surface area contributed by atoms with Gasteiger partial charge in [0.1, 0.15) is 84.9 Å². The van der Waals surface area contributed by atoms with Gasteiger partial charge in [0.2, 0.25) is 89.1 Å². The predicted octanol–water partition coefficient (Wildman–Crippen LogP) is -3.76. The normalized spacial score (nSPS) is 20.7. The monoisotopic (exact) mass is 1720 g/mol. The Morgan fingerprint density at radius 3 is 1.90 bits per heavy atom. The molecule has 668 valence electrons. The SMILES string of the molecule is CC[C@@H](NC=O)C(=O)N[C@@H](Cc1ccccc1)C(=O)N1CCC[C@H]1C(=O)N[C@@H](C(=O)C[C@H](C(=O)N[C@H](Cc1c[nH]c2ccccc12)C(=O)N[C@@H](CCCN=C(N)N)C(=O)N[C@H](CS(=O)(=O)O)C(=O)N[C@@H]1C(=O)N(C)[C@@H](CCC(N)=O)C(=O)N[C@H](CC(C)C)C(=O)NC([C@@H](C)O)C(=O)N[C@@H](CC(N)=O)C(=O)N(C)CC(=O)O[C@@H]1C)C(C)(C)C)C(C)(C)C. The third-order valence-corrected chi connectivity index (χ3v) is 21.3. The zero-order valence-corrected chi connectivity index (χ0v) is 71.3. The van der Waals surface area contributed by atoms with Crippen molar-refractivity contribution >= 4 is 128 Å². The second-order valence-electron chi connectivity index (χ2n) is 33.0. The maximum absolute atomic E-state index is 15.4. The zero-order chi connectivity index (χ0) is 90.9. The third kappa shape index (κ3) is 30.5. The number of likely N-dealkylation sites (tertiary alicyclic amines) is 1. The number of nitrogens with two attached hydrogens (primary N) is 4. The van der Waals surface area contributed by atoms with E-state index in [4.69, 9.17) is 27.7 Å². The van der Waals surface area contributed by atoms with Crippen molar-refractivity contribution in [3.8, 4) is 0 Å². The lowest BCUT2D eigenvalue weighted by Crippen LogP contribution is -2.63. The van der Waals surface area contributed by atoms with Crippen LogP contribution in [-0.4, -0.2) is 269 Å². The summed E-state index contributed by atoms with van der Waals surface area (Å²) in [6, 6.07) is -4.61. The average Bonchev–Trinajstić information content (AvgIpc) is 1.80. The number of likely N-dealkylation sites (N-methyl/N-ethyl adjacent to an activating group) is 2. The van der Waals surface area contributed by atoms with Crippen LogP contribution in [0.15, 0.2) is 65.8 Å². The summed E-state index contributed by atoms with van der Waals surface area (Å²) in [4.78, 5) is 251. The molecule has 21 N–H and O–H groups in total. The summed E-state index contributed by atoms with van der Waals surface area (Å²) in [6.07, 6.45) is -4.96. The number of primary amides is 2. The Hall–Kier alpha value is -11.7. The molecule has 0 aliphatic carbocycles. The number of benzene rings is 2. The second-order valence-corrected chi connectivity index (χ2v) is 34.5. The van der Waals surface area contributed by atoms with E-state index in [-0.39, 0.29) is 51.6 Å². The van der Waals surface area contributed by atoms with Crippen LogP contribution in [0.5, 0.6) is 0 Å². The maximum Gasteiger partial charge on any atom is 0.325 e. The summed E-state index contributed by atoms with van der Waals surface area (Å²) in [5.41, 5.74) is 21.8. The number of Topliss-reactive ketones (excluding diaryl/α,β-unsaturated/α-hetero) is 1. The van der Waals surface area contributed by atoms with Crippen LogP contribution in [0.2, 0.25) is 0 Å². The van der Waals surface area contributed by atoms with E-state index in [2.05, 4.69) is 63.1 Å². The first kappa shape index (κ1) is 99.9. The standard InChI is InChI=1S/C79H119N19O22S/c1-14-48(86-40-99)66(106)90-53(33-44-22-16-15-17-23-44)75(115)98-31-21-27-57(98)72(112)95-64(79(9,10)11)58(101)35-47(78(6,7)8)65(105)88-52(34-45-37-85-49-25-19-18-24-46(45)49)68(108)87-50(26-20-30-84-77(82)83)67(107)92-55(39-121(117,118)119)70(110)94-63-43(5)120-61(104)38-96(12)74(114)54(36-60(81)103)91-73(113)62(42(4)100)93-69(109)51(32-41(2)3)89-71(111)56(28-29-59(80)102)97(13)76(63)116/h15-19,22-25,37,40-43,47-48,50-57,62-64,85,100H,14,20-21,26-36,38-39H2,1-13H3,(H2,80,102)(H2,81,103)(H,86,99)(H,87,108)(H,88,105)(H,89,111)(H,90,106)(H,91,113)(H,92,107)(H,93,109)(H,94,110)(H,95,112)(H4,82,83,84)(H,117,118,119)/t42-,43-,47-,48-,50+,51-,52-,53+,54+,55-,56+,57+,62?,63+,64+/m1/s1. The number of carbonyl (C=O) groups excluding carboxylic acids is 17. The Labute approximate surface area is 701 Å². The number of rotatable bonds is 37. The molecule has 3 aromatic rings. The molecule has 0 bridgehead atoms. The number of carbonyl (C=O) groups is 17. The number of aliphatic hydroxyl groups is 1. The van der Waals surface area contributed by atoms with Crippen molar-refractivity contribution in [2.24, 2.45) is 50.6 Å². The van der Waals surface area contributed by atoms with Gasteiger partial charge in [0.25, 0.3) is 10.1 Å². The lowest BCUT2D eigenvalue weighted by atomic mass is 9.74. The van der Waals surface area contributed by atoms with E-state index >= 15 is 28.8 Å². The number of fused-ring (bicyclic) bond motifs is 1. The number of aliphatic hydroxyl groups excluding tert-OH is 1. The number of amides is 15. The smallest absolute Gasteiger partial charge is 0.325 e. The lowest BCUT2D eigenvalue weighted by Gasteiger charge is -2.36. The number of guanidine groups is 1. The van der Waals surface area contributed by atoms with Gasteiger partial charge in [-0.2, -0.15) is 8.42 Å². The number of aliphatic imine (C=N–C) groups is 1. The molecule has 0 saturated carbocycles. The number of hydrogen-bond donors (Lipinski definition) is 17. The van der Waals surface area contributed by atoms with Crippen molar-refractivity contribution in [1.29, 1.82) is 0 Å². The fourth-order valence-corrected chi connectivity index (χ4v) is 14.7. The molecule has 0 radical (unpaired) electrons. The molecule has 1 aromatic heterocycles. The van der Waals surface area contributed by atoms with Crippen LogP contribution in [0.4, 0.5) is 0 Å². The Bertz CT molecular complexity index is 4390. The Morgan fingerprint density at radius 2 is 1.31 bits per heavy atom. The molecule has 1 unspecified atom stereocenters. The third-order valence-electron chi connectivity index (χ3n) is 20.6. The summed E-state index contributed by atoms with van der Waals surface area (Å²) >= 11 is 0. The van der Waals surface area contributed by atoms with Crippen LogP contribution >= 0.6 is 0 Å². The molecule has 15 amide bonds. The first-order valence-corrected chi connectivity index (χ1v) is 41.4. The maximum atomic E-state index is 15.4. The van der Waals surface area contributed by atoms with Crippen LogP contribution in [0, 0.1) is 22.7 Å². The average molecular weight is 1720 g/mol. The van der Waals surface area contributed by atoms with Crippen LogP contribution in [0.1, 0.15) is 151 Å². The van der Waals surface area contributed by atoms with E-state index in [1.807, 2.05) is 0 Å². The minimum atomic E-state index is -5.43. The number of esters is 1. The van der Waals surface area contributed by atoms with E-state index in [1.165, 1.54) is 4.90 Å². The highest BCUT2D eigenvalue weighted by Gasteiger charge is 2.47. The summed E-state index contributed by atoms with van der Waals surface area (Å²) in [5.74, 6) is -21.1. The molecule has 2 aliphatic heterocycles. The topological polar surface area (TPSA) is 636 Å². The fourth-order valence-electron chi connectivity index (χ4n) is 14.1. The van der Waals surface area contributed by atoms with Gasteiger partial charge in [-0.25, -0.2) is 0 Å². The number of ketones is 1. The van der Waals surface area contributed by atoms with Crippen LogP contribution in [0.25, 0.3) is 10.9 Å². The molecular weight excluding hydrogens is 1600 g/mol. The summed E-state index contributed by atoms with van der Waals surface area (Å²) < 4.78 is 42.3. The second kappa shape index (κ2) is 45.1. The minimum absolute atomic E-state index is 0.0196. The van der Waals surface area contributed by atoms with E-state index in [1.54, 1.807) is 123 Å². The van der Waals surface area contributed by atoms with Gasteiger partial charge in [0, 0.05) is 75.9 Å². The van der Waals surface area contributed by atoms with Crippen molar-refractivity contribution in [1.82, 2.24) is 72.9 Å².